The lowest BCUT2D eigenvalue weighted by atomic mass is 10.2. The maximum atomic E-state index is 12.3. The molecule has 0 unspecified atom stereocenters. The van der Waals surface area contributed by atoms with Crippen LogP contribution in [0, 0.1) is 0 Å². The van der Waals surface area contributed by atoms with Gasteiger partial charge in [-0.15, -0.1) is 0 Å². The molecule has 0 atom stereocenters. The molecule has 0 saturated carbocycles. The summed E-state index contributed by atoms with van der Waals surface area (Å²) in [6.07, 6.45) is 1.56. The molecule has 0 radical (unpaired) electrons. The Labute approximate surface area is 142 Å². The van der Waals surface area contributed by atoms with Gasteiger partial charge in [0.1, 0.15) is 9.96 Å². The Hall–Kier alpha value is -2.46. The van der Waals surface area contributed by atoms with Crippen molar-refractivity contribution in [3.8, 4) is 5.75 Å². The highest BCUT2D eigenvalue weighted by atomic mass is 32.2. The third-order valence-corrected chi connectivity index (χ3v) is 5.43. The number of sulfone groups is 1. The summed E-state index contributed by atoms with van der Waals surface area (Å²) >= 11 is 0.840. The largest absolute Gasteiger partial charge is 0.412 e. The van der Waals surface area contributed by atoms with Crippen LogP contribution in [0.1, 0.15) is 17.3 Å². The molecule has 2 amide bonds. The minimum absolute atomic E-state index is 0.0460. The van der Waals surface area contributed by atoms with Gasteiger partial charge in [0.15, 0.2) is 15.0 Å². The Balaban J connectivity index is 2.18. The monoisotopic (exact) mass is 369 g/mol. The smallest absolute Gasteiger partial charge is 0.409 e. The molecule has 2 N–H and O–H groups in total. The van der Waals surface area contributed by atoms with Gasteiger partial charge in [0.25, 0.3) is 5.91 Å². The molecule has 1 aromatic carbocycles. The maximum absolute atomic E-state index is 12.3. The van der Waals surface area contributed by atoms with Crippen molar-refractivity contribution in [1.82, 2.24) is 10.3 Å². The quantitative estimate of drug-likeness (QED) is 0.832. The van der Waals surface area contributed by atoms with Crippen LogP contribution in [-0.2, 0) is 9.84 Å². The molecule has 24 heavy (non-hydrogen) atoms. The van der Waals surface area contributed by atoms with E-state index in [2.05, 4.69) is 15.6 Å². The summed E-state index contributed by atoms with van der Waals surface area (Å²) in [5.41, 5.74) is 0.125. The number of nitrogens with zero attached hydrogens (tertiary/aromatic N) is 1. The van der Waals surface area contributed by atoms with Gasteiger partial charge in [-0.1, -0.05) is 23.5 Å². The number of nitrogens with one attached hydrogen (secondary N) is 2. The zero-order valence-electron chi connectivity index (χ0n) is 12.9. The van der Waals surface area contributed by atoms with Crippen molar-refractivity contribution < 1.29 is 22.7 Å². The van der Waals surface area contributed by atoms with Crippen molar-refractivity contribution in [3.05, 3.63) is 36.0 Å². The zero-order chi connectivity index (χ0) is 17.7. The van der Waals surface area contributed by atoms with Crippen LogP contribution in [0.3, 0.4) is 0 Å². The second-order valence-corrected chi connectivity index (χ2v) is 7.90. The third-order valence-electron chi connectivity index (χ3n) is 2.73. The molecule has 128 valence electrons. The predicted molar refractivity (Wildman–Crippen MR) is 89.3 cm³/mol. The highest BCUT2D eigenvalue weighted by molar-refractivity contribution is 7.92. The van der Waals surface area contributed by atoms with Gasteiger partial charge in [0.2, 0.25) is 0 Å². The van der Waals surface area contributed by atoms with E-state index in [1.807, 2.05) is 0 Å². The fourth-order valence-electron chi connectivity index (χ4n) is 1.68. The average Bonchev–Trinajstić information content (AvgIpc) is 2.96. The first-order chi connectivity index (χ1) is 11.3. The van der Waals surface area contributed by atoms with E-state index in [-0.39, 0.29) is 20.7 Å². The first-order valence-electron chi connectivity index (χ1n) is 6.83. The first-order valence-corrected chi connectivity index (χ1v) is 9.54. The van der Waals surface area contributed by atoms with Crippen LogP contribution in [0.2, 0.25) is 0 Å². The topological polar surface area (TPSA) is 114 Å². The van der Waals surface area contributed by atoms with E-state index in [1.165, 1.54) is 18.3 Å². The van der Waals surface area contributed by atoms with Crippen molar-refractivity contribution >= 4 is 38.3 Å². The number of thiazole rings is 1. The van der Waals surface area contributed by atoms with Crippen LogP contribution in [-0.4, -0.2) is 38.2 Å². The summed E-state index contributed by atoms with van der Waals surface area (Å²) in [6, 6.07) is 6.20. The van der Waals surface area contributed by atoms with Gasteiger partial charge >= 0.3 is 6.09 Å². The Bertz CT molecular complexity index is 861. The van der Waals surface area contributed by atoms with Gasteiger partial charge in [0, 0.05) is 12.8 Å². The molecule has 0 bridgehead atoms. The van der Waals surface area contributed by atoms with Gasteiger partial charge in [-0.25, -0.2) is 18.2 Å². The number of aromatic nitrogens is 1. The van der Waals surface area contributed by atoms with Gasteiger partial charge in [-0.05, 0) is 19.1 Å². The van der Waals surface area contributed by atoms with Gasteiger partial charge < -0.3 is 10.1 Å². The lowest BCUT2D eigenvalue weighted by Gasteiger charge is -2.09. The summed E-state index contributed by atoms with van der Waals surface area (Å²) < 4.78 is 28.0. The van der Waals surface area contributed by atoms with Crippen LogP contribution in [0.4, 0.5) is 9.93 Å². The summed E-state index contributed by atoms with van der Waals surface area (Å²) in [5.74, 6) is -0.481. The predicted octanol–water partition coefficient (Wildman–Crippen LogP) is 1.91. The van der Waals surface area contributed by atoms with E-state index in [9.17, 15) is 18.0 Å². The van der Waals surface area contributed by atoms with E-state index in [1.54, 1.807) is 19.1 Å². The molecule has 0 aliphatic rings. The van der Waals surface area contributed by atoms with E-state index >= 15 is 0 Å². The van der Waals surface area contributed by atoms with Crippen molar-refractivity contribution in [2.45, 2.75) is 11.1 Å². The molecular formula is C14H15N3O5S2. The van der Waals surface area contributed by atoms with Crippen molar-refractivity contribution in [1.29, 1.82) is 0 Å². The van der Waals surface area contributed by atoms with E-state index in [0.717, 1.165) is 17.6 Å². The highest BCUT2D eigenvalue weighted by Gasteiger charge is 2.18. The number of ether oxygens (including phenoxy) is 1. The number of rotatable bonds is 5. The summed E-state index contributed by atoms with van der Waals surface area (Å²) in [6.45, 7) is 2.13. The van der Waals surface area contributed by atoms with Crippen molar-refractivity contribution in [2.24, 2.45) is 0 Å². The number of amides is 2. The maximum Gasteiger partial charge on any atom is 0.412 e. The van der Waals surface area contributed by atoms with Crippen LogP contribution in [0.25, 0.3) is 0 Å². The normalized spacial score (nSPS) is 10.9. The SMILES string of the molecule is CCNC(=O)Oc1ccccc1C(=O)Nc1ncc(S(C)(=O)=O)s1. The van der Waals surface area contributed by atoms with Crippen LogP contribution in [0.5, 0.6) is 5.75 Å². The minimum Gasteiger partial charge on any atom is -0.409 e. The second-order valence-electron chi connectivity index (χ2n) is 4.63. The Kier molecular flexibility index (Phi) is 5.52. The van der Waals surface area contributed by atoms with Crippen LogP contribution in [0.15, 0.2) is 34.7 Å². The van der Waals surface area contributed by atoms with Crippen molar-refractivity contribution in [2.75, 3.05) is 18.1 Å². The Morgan fingerprint density at radius 3 is 2.62 bits per heavy atom. The van der Waals surface area contributed by atoms with E-state index in [4.69, 9.17) is 4.74 Å². The van der Waals surface area contributed by atoms with Gasteiger partial charge in [-0.2, -0.15) is 0 Å². The molecule has 1 aromatic heterocycles. The van der Waals surface area contributed by atoms with E-state index < -0.39 is 21.8 Å². The number of carbonyl (C=O) groups is 2. The highest BCUT2D eigenvalue weighted by Crippen LogP contribution is 2.25. The minimum atomic E-state index is -3.39. The van der Waals surface area contributed by atoms with Gasteiger partial charge in [0.05, 0.1) is 11.8 Å². The first kappa shape index (κ1) is 17.9. The number of carbonyl (C=O) groups excluding carboxylic acids is 2. The van der Waals surface area contributed by atoms with Crippen molar-refractivity contribution in [3.63, 3.8) is 0 Å². The molecule has 0 aliphatic carbocycles. The standard InChI is InChI=1S/C14H15N3O5S2/c1-3-15-14(19)22-10-7-5-4-6-9(10)12(18)17-13-16-8-11(23-13)24(2,20)21/h4-8H,3H2,1-2H3,(H,15,19)(H,16,17,18). The molecule has 0 fully saturated rings. The number of para-hydroxylation sites is 1. The lowest BCUT2D eigenvalue weighted by molar-refractivity contribution is 0.102. The molecule has 10 heteroatoms. The summed E-state index contributed by atoms with van der Waals surface area (Å²) in [4.78, 5) is 27.7. The van der Waals surface area contributed by atoms with Crippen LogP contribution >= 0.6 is 11.3 Å². The summed E-state index contributed by atoms with van der Waals surface area (Å²) in [7, 11) is -3.39. The summed E-state index contributed by atoms with van der Waals surface area (Å²) in [5, 5.41) is 5.08. The van der Waals surface area contributed by atoms with E-state index in [0.29, 0.717) is 6.54 Å². The molecule has 2 rings (SSSR count). The third kappa shape index (κ3) is 4.52. The number of anilines is 1. The van der Waals surface area contributed by atoms with Gasteiger partial charge in [-0.3, -0.25) is 10.1 Å². The molecular weight excluding hydrogens is 354 g/mol. The molecule has 1 heterocycles. The molecule has 2 aromatic rings. The Morgan fingerprint density at radius 1 is 1.29 bits per heavy atom. The Morgan fingerprint density at radius 2 is 2.00 bits per heavy atom. The lowest BCUT2D eigenvalue weighted by Crippen LogP contribution is -2.27. The van der Waals surface area contributed by atoms with Crippen LogP contribution < -0.4 is 15.4 Å². The number of hydrogen-bond acceptors (Lipinski definition) is 7. The molecule has 0 spiro atoms. The zero-order valence-corrected chi connectivity index (χ0v) is 14.5. The fourth-order valence-corrected chi connectivity index (χ4v) is 3.31. The number of benzene rings is 1. The molecule has 0 saturated heterocycles. The second kappa shape index (κ2) is 7.41. The molecule has 8 nitrogen and oxygen atoms in total. The fraction of sp³-hybridized carbons (Fsp3) is 0.214. The number of hydrogen-bond donors (Lipinski definition) is 2. The average molecular weight is 369 g/mol. The molecule has 0 aliphatic heterocycles.